The van der Waals surface area contributed by atoms with Gasteiger partial charge in [0, 0.05) is 25.6 Å². The standard InChI is InChI=1S/C16H25N3O2/c1-21-13-16(7-9-17-10-8-16)12-19-15(20)18-11-14-5-3-2-4-6-14/h2-6,17H,7-13H2,1H3,(H2,18,19,20). The van der Waals surface area contributed by atoms with Crippen molar-refractivity contribution in [3.05, 3.63) is 35.9 Å². The molecule has 5 heteroatoms. The van der Waals surface area contributed by atoms with Crippen LogP contribution in [0.25, 0.3) is 0 Å². The minimum atomic E-state index is -0.118. The number of methoxy groups -OCH3 is 1. The quantitative estimate of drug-likeness (QED) is 0.744. The first-order chi connectivity index (χ1) is 10.2. The summed E-state index contributed by atoms with van der Waals surface area (Å²) in [7, 11) is 1.72. The highest BCUT2D eigenvalue weighted by atomic mass is 16.5. The lowest BCUT2D eigenvalue weighted by atomic mass is 9.79. The van der Waals surface area contributed by atoms with E-state index < -0.39 is 0 Å². The summed E-state index contributed by atoms with van der Waals surface area (Å²) in [4.78, 5) is 11.9. The molecule has 1 aliphatic heterocycles. The molecule has 21 heavy (non-hydrogen) atoms. The van der Waals surface area contributed by atoms with E-state index in [9.17, 15) is 4.79 Å². The molecular formula is C16H25N3O2. The smallest absolute Gasteiger partial charge is 0.315 e. The number of piperidine rings is 1. The number of rotatable bonds is 6. The minimum absolute atomic E-state index is 0.0596. The number of hydrogen-bond donors (Lipinski definition) is 3. The van der Waals surface area contributed by atoms with Crippen LogP contribution in [0.1, 0.15) is 18.4 Å². The summed E-state index contributed by atoms with van der Waals surface area (Å²) in [5.74, 6) is 0. The Bertz CT molecular complexity index is 425. The van der Waals surface area contributed by atoms with Crippen LogP contribution >= 0.6 is 0 Å². The largest absolute Gasteiger partial charge is 0.384 e. The van der Waals surface area contributed by atoms with Crippen molar-refractivity contribution >= 4 is 6.03 Å². The molecule has 116 valence electrons. The number of urea groups is 1. The monoisotopic (exact) mass is 291 g/mol. The molecular weight excluding hydrogens is 266 g/mol. The predicted octanol–water partition coefficient (Wildman–Crippen LogP) is 1.50. The molecule has 2 rings (SSSR count). The topological polar surface area (TPSA) is 62.4 Å². The second-order valence-corrected chi connectivity index (χ2v) is 5.70. The van der Waals surface area contributed by atoms with Gasteiger partial charge in [-0.2, -0.15) is 0 Å². The number of ether oxygens (including phenoxy) is 1. The number of benzene rings is 1. The highest BCUT2D eigenvalue weighted by molar-refractivity contribution is 5.73. The van der Waals surface area contributed by atoms with E-state index in [4.69, 9.17) is 4.74 Å². The van der Waals surface area contributed by atoms with E-state index in [1.54, 1.807) is 7.11 Å². The van der Waals surface area contributed by atoms with Gasteiger partial charge in [0.05, 0.1) is 6.61 Å². The molecule has 0 unspecified atom stereocenters. The average molecular weight is 291 g/mol. The van der Waals surface area contributed by atoms with Gasteiger partial charge in [0.1, 0.15) is 0 Å². The van der Waals surface area contributed by atoms with Crippen molar-refractivity contribution in [3.63, 3.8) is 0 Å². The summed E-state index contributed by atoms with van der Waals surface area (Å²) in [6.07, 6.45) is 2.06. The highest BCUT2D eigenvalue weighted by Gasteiger charge is 2.32. The molecule has 2 amide bonds. The fourth-order valence-electron chi connectivity index (χ4n) is 2.74. The minimum Gasteiger partial charge on any atom is -0.384 e. The van der Waals surface area contributed by atoms with Gasteiger partial charge in [-0.05, 0) is 31.5 Å². The maximum atomic E-state index is 11.9. The van der Waals surface area contributed by atoms with Crippen LogP contribution in [0, 0.1) is 5.41 Å². The zero-order chi connectivity index (χ0) is 15.0. The molecule has 1 aromatic carbocycles. The van der Waals surface area contributed by atoms with E-state index in [2.05, 4.69) is 16.0 Å². The maximum Gasteiger partial charge on any atom is 0.315 e. The van der Waals surface area contributed by atoms with Gasteiger partial charge in [-0.3, -0.25) is 0 Å². The molecule has 5 nitrogen and oxygen atoms in total. The molecule has 0 bridgehead atoms. The molecule has 0 aromatic heterocycles. The Morgan fingerprint density at radius 2 is 1.95 bits per heavy atom. The number of nitrogens with one attached hydrogen (secondary N) is 3. The third kappa shape index (κ3) is 5.02. The summed E-state index contributed by atoms with van der Waals surface area (Å²) in [5.41, 5.74) is 1.16. The van der Waals surface area contributed by atoms with Gasteiger partial charge < -0.3 is 20.7 Å². The van der Waals surface area contributed by atoms with Gasteiger partial charge in [-0.25, -0.2) is 4.79 Å². The summed E-state index contributed by atoms with van der Waals surface area (Å²) in [6, 6.07) is 9.79. The fraction of sp³-hybridized carbons (Fsp3) is 0.562. The van der Waals surface area contributed by atoms with E-state index in [-0.39, 0.29) is 11.4 Å². The normalized spacial score (nSPS) is 17.2. The molecule has 0 aliphatic carbocycles. The molecule has 0 saturated carbocycles. The Hall–Kier alpha value is -1.59. The lowest BCUT2D eigenvalue weighted by Crippen LogP contribution is -2.49. The first-order valence-electron chi connectivity index (χ1n) is 7.49. The van der Waals surface area contributed by atoms with Crippen molar-refractivity contribution < 1.29 is 9.53 Å². The van der Waals surface area contributed by atoms with E-state index in [1.807, 2.05) is 30.3 Å². The van der Waals surface area contributed by atoms with Crippen molar-refractivity contribution in [3.8, 4) is 0 Å². The molecule has 0 spiro atoms. The molecule has 1 aromatic rings. The fourth-order valence-corrected chi connectivity index (χ4v) is 2.74. The van der Waals surface area contributed by atoms with Crippen molar-refractivity contribution in [1.82, 2.24) is 16.0 Å². The first-order valence-corrected chi connectivity index (χ1v) is 7.49. The Kier molecular flexibility index (Phi) is 6.02. The third-order valence-corrected chi connectivity index (χ3v) is 4.03. The van der Waals surface area contributed by atoms with Crippen LogP contribution in [0.5, 0.6) is 0 Å². The van der Waals surface area contributed by atoms with Crippen LogP contribution in [-0.2, 0) is 11.3 Å². The zero-order valence-electron chi connectivity index (χ0n) is 12.7. The highest BCUT2D eigenvalue weighted by Crippen LogP contribution is 2.28. The van der Waals surface area contributed by atoms with Crippen LogP contribution in [-0.4, -0.2) is 39.4 Å². The van der Waals surface area contributed by atoms with Crippen LogP contribution in [0.15, 0.2) is 30.3 Å². The van der Waals surface area contributed by atoms with Crippen molar-refractivity contribution in [2.75, 3.05) is 33.4 Å². The third-order valence-electron chi connectivity index (χ3n) is 4.03. The van der Waals surface area contributed by atoms with E-state index >= 15 is 0 Å². The summed E-state index contributed by atoms with van der Waals surface area (Å²) < 4.78 is 5.35. The van der Waals surface area contributed by atoms with Crippen LogP contribution in [0.4, 0.5) is 4.79 Å². The number of hydrogen-bond acceptors (Lipinski definition) is 3. The van der Waals surface area contributed by atoms with Crippen LogP contribution < -0.4 is 16.0 Å². The van der Waals surface area contributed by atoms with Crippen molar-refractivity contribution in [2.24, 2.45) is 5.41 Å². The van der Waals surface area contributed by atoms with Gasteiger partial charge in [0.2, 0.25) is 0 Å². The van der Waals surface area contributed by atoms with Crippen LogP contribution in [0.3, 0.4) is 0 Å². The molecule has 0 atom stereocenters. The van der Waals surface area contributed by atoms with E-state index in [0.717, 1.165) is 31.5 Å². The number of carbonyl (C=O) groups is 1. The number of carbonyl (C=O) groups excluding carboxylic acids is 1. The Morgan fingerprint density at radius 1 is 1.24 bits per heavy atom. The molecule has 3 N–H and O–H groups in total. The van der Waals surface area contributed by atoms with E-state index in [1.165, 1.54) is 0 Å². The SMILES string of the molecule is COCC1(CNC(=O)NCc2ccccc2)CCNCC1. The second-order valence-electron chi connectivity index (χ2n) is 5.70. The van der Waals surface area contributed by atoms with Gasteiger partial charge in [0.25, 0.3) is 0 Å². The Balaban J connectivity index is 1.76. The molecule has 1 saturated heterocycles. The second kappa shape index (κ2) is 8.00. The first kappa shape index (κ1) is 15.8. The van der Waals surface area contributed by atoms with Crippen LogP contribution in [0.2, 0.25) is 0 Å². The summed E-state index contributed by atoms with van der Waals surface area (Å²) >= 11 is 0. The summed E-state index contributed by atoms with van der Waals surface area (Å²) in [5, 5.41) is 9.23. The Morgan fingerprint density at radius 3 is 2.62 bits per heavy atom. The van der Waals surface area contributed by atoms with Crippen molar-refractivity contribution in [1.29, 1.82) is 0 Å². The lowest BCUT2D eigenvalue weighted by Gasteiger charge is -2.37. The maximum absolute atomic E-state index is 11.9. The zero-order valence-corrected chi connectivity index (χ0v) is 12.7. The predicted molar refractivity (Wildman–Crippen MR) is 83.1 cm³/mol. The molecule has 1 fully saturated rings. The van der Waals surface area contributed by atoms with Gasteiger partial charge in [0.15, 0.2) is 0 Å². The van der Waals surface area contributed by atoms with Crippen molar-refractivity contribution in [2.45, 2.75) is 19.4 Å². The summed E-state index contributed by atoms with van der Waals surface area (Å²) in [6.45, 7) is 3.86. The lowest BCUT2D eigenvalue weighted by molar-refractivity contribution is 0.0554. The number of amides is 2. The van der Waals surface area contributed by atoms with Gasteiger partial charge in [-0.1, -0.05) is 30.3 Å². The molecule has 0 radical (unpaired) electrons. The molecule has 1 aliphatic rings. The van der Waals surface area contributed by atoms with E-state index in [0.29, 0.717) is 19.7 Å². The average Bonchev–Trinajstić information content (AvgIpc) is 2.53. The molecule has 1 heterocycles. The Labute approximate surface area is 126 Å². The van der Waals surface area contributed by atoms with Gasteiger partial charge in [-0.15, -0.1) is 0 Å². The van der Waals surface area contributed by atoms with Gasteiger partial charge >= 0.3 is 6.03 Å².